The number of anilines is 1. The summed E-state index contributed by atoms with van der Waals surface area (Å²) >= 11 is 0. The Morgan fingerprint density at radius 3 is 2.61 bits per heavy atom. The van der Waals surface area contributed by atoms with Crippen LogP contribution in [0, 0.1) is 0 Å². The molecule has 1 unspecified atom stereocenters. The molecule has 0 bridgehead atoms. The van der Waals surface area contributed by atoms with Crippen molar-refractivity contribution < 1.29 is 22.7 Å². The standard InChI is InChI=1S/C32H36F3N7O2/c1-3-21-19-42(20-23-15-25(17-38-29(21)23)44-28-8-10-37-30-26(28)7-9-36-30)31(43)39-24-6-5-22(27(16-24)32(33,34)35)18-41-13-11-40(4-2)12-14-41/h5-10,15-17,21H,3-4,11-14,18-20H2,1-2H3,(H,36,37)(H,39,43). The molecule has 0 radical (unpaired) electrons. The molecule has 3 aromatic heterocycles. The van der Waals surface area contributed by atoms with Gasteiger partial charge in [-0.15, -0.1) is 0 Å². The molecule has 0 spiro atoms. The first kappa shape index (κ1) is 29.9. The van der Waals surface area contributed by atoms with Crippen LogP contribution in [-0.4, -0.2) is 75.0 Å². The normalized spacial score (nSPS) is 17.9. The number of aromatic amines is 1. The number of pyridine rings is 2. The summed E-state index contributed by atoms with van der Waals surface area (Å²) < 4.78 is 48.6. The Hall–Kier alpha value is -4.16. The topological polar surface area (TPSA) is 89.6 Å². The van der Waals surface area contributed by atoms with Gasteiger partial charge < -0.3 is 24.8 Å². The fourth-order valence-corrected chi connectivity index (χ4v) is 6.06. The predicted octanol–water partition coefficient (Wildman–Crippen LogP) is 6.45. The summed E-state index contributed by atoms with van der Waals surface area (Å²) in [7, 11) is 0. The third-order valence-corrected chi connectivity index (χ3v) is 8.57. The van der Waals surface area contributed by atoms with E-state index in [2.05, 4.69) is 32.1 Å². The molecule has 0 aliphatic carbocycles. The van der Waals surface area contributed by atoms with E-state index in [9.17, 15) is 18.0 Å². The van der Waals surface area contributed by atoms with Crippen LogP contribution in [0.3, 0.4) is 0 Å². The van der Waals surface area contributed by atoms with E-state index in [0.717, 1.165) is 61.9 Å². The van der Waals surface area contributed by atoms with Crippen LogP contribution in [-0.2, 0) is 19.3 Å². The lowest BCUT2D eigenvalue weighted by molar-refractivity contribution is -0.138. The first-order chi connectivity index (χ1) is 21.2. The van der Waals surface area contributed by atoms with Gasteiger partial charge in [0.25, 0.3) is 0 Å². The number of nitrogens with one attached hydrogen (secondary N) is 2. The molecule has 1 saturated heterocycles. The molecule has 6 rings (SSSR count). The van der Waals surface area contributed by atoms with E-state index in [1.165, 1.54) is 6.07 Å². The van der Waals surface area contributed by atoms with Gasteiger partial charge in [-0.05, 0) is 54.4 Å². The van der Waals surface area contributed by atoms with Crippen molar-refractivity contribution in [2.45, 2.75) is 45.5 Å². The Morgan fingerprint density at radius 2 is 1.86 bits per heavy atom. The van der Waals surface area contributed by atoms with Crippen molar-refractivity contribution in [1.82, 2.24) is 29.7 Å². The zero-order chi connectivity index (χ0) is 30.8. The summed E-state index contributed by atoms with van der Waals surface area (Å²) in [5.74, 6) is 1.14. The number of carbonyl (C=O) groups excluding carboxylic acids is 1. The second kappa shape index (κ2) is 12.4. The van der Waals surface area contributed by atoms with Gasteiger partial charge in [-0.3, -0.25) is 9.88 Å². The summed E-state index contributed by atoms with van der Waals surface area (Å²) in [6.07, 6.45) is 1.33. The number of benzene rings is 1. The van der Waals surface area contributed by atoms with Gasteiger partial charge in [0, 0.05) is 69.8 Å². The second-order valence-electron chi connectivity index (χ2n) is 11.4. The molecule has 1 atom stereocenters. The molecule has 2 aliphatic heterocycles. The molecule has 1 fully saturated rings. The highest BCUT2D eigenvalue weighted by Gasteiger charge is 2.35. The van der Waals surface area contributed by atoms with E-state index < -0.39 is 17.8 Å². The molecule has 2 aliphatic rings. The van der Waals surface area contributed by atoms with Gasteiger partial charge in [0.15, 0.2) is 0 Å². The molecule has 4 aromatic rings. The van der Waals surface area contributed by atoms with Crippen LogP contribution < -0.4 is 10.1 Å². The fourth-order valence-electron chi connectivity index (χ4n) is 6.06. The number of aromatic nitrogens is 3. The van der Waals surface area contributed by atoms with Crippen LogP contribution >= 0.6 is 0 Å². The summed E-state index contributed by atoms with van der Waals surface area (Å²) in [6.45, 7) is 9.05. The number of urea groups is 1. The number of hydrogen-bond acceptors (Lipinski definition) is 6. The van der Waals surface area contributed by atoms with Crippen molar-refractivity contribution in [2.24, 2.45) is 0 Å². The summed E-state index contributed by atoms with van der Waals surface area (Å²) in [4.78, 5) is 31.4. The maximum atomic E-state index is 14.1. The van der Waals surface area contributed by atoms with Crippen LogP contribution in [0.5, 0.6) is 11.5 Å². The van der Waals surface area contributed by atoms with Crippen LogP contribution in [0.25, 0.3) is 11.0 Å². The lowest BCUT2D eigenvalue weighted by Crippen LogP contribution is -2.45. The first-order valence-electron chi connectivity index (χ1n) is 15.0. The second-order valence-corrected chi connectivity index (χ2v) is 11.4. The van der Waals surface area contributed by atoms with Crippen LogP contribution in [0.4, 0.5) is 23.7 Å². The molecule has 5 heterocycles. The molecule has 232 valence electrons. The number of likely N-dealkylation sites (N-methyl/N-ethyl adjacent to an activating group) is 1. The molecule has 0 saturated carbocycles. The summed E-state index contributed by atoms with van der Waals surface area (Å²) in [5.41, 5.74) is 2.05. The Labute approximate surface area is 254 Å². The maximum Gasteiger partial charge on any atom is 0.416 e. The third kappa shape index (κ3) is 6.36. The third-order valence-electron chi connectivity index (χ3n) is 8.57. The minimum atomic E-state index is -4.54. The Morgan fingerprint density at radius 1 is 1.07 bits per heavy atom. The van der Waals surface area contributed by atoms with E-state index in [1.54, 1.807) is 35.6 Å². The van der Waals surface area contributed by atoms with Crippen molar-refractivity contribution in [3.8, 4) is 11.5 Å². The molecular weight excluding hydrogens is 571 g/mol. The predicted molar refractivity (Wildman–Crippen MR) is 162 cm³/mol. The van der Waals surface area contributed by atoms with Crippen LogP contribution in [0.2, 0.25) is 0 Å². The Bertz CT molecular complexity index is 1630. The molecular formula is C32H36F3N7O2. The van der Waals surface area contributed by atoms with Gasteiger partial charge in [-0.25, -0.2) is 9.78 Å². The first-order valence-corrected chi connectivity index (χ1v) is 15.0. The zero-order valence-corrected chi connectivity index (χ0v) is 24.8. The monoisotopic (exact) mass is 607 g/mol. The maximum absolute atomic E-state index is 14.1. The van der Waals surface area contributed by atoms with Crippen molar-refractivity contribution >= 4 is 22.8 Å². The number of hydrogen-bond donors (Lipinski definition) is 2. The largest absolute Gasteiger partial charge is 0.455 e. The highest BCUT2D eigenvalue weighted by molar-refractivity contribution is 5.89. The smallest absolute Gasteiger partial charge is 0.416 e. The van der Waals surface area contributed by atoms with Crippen LogP contribution in [0.1, 0.15) is 48.6 Å². The van der Waals surface area contributed by atoms with E-state index in [4.69, 9.17) is 4.74 Å². The number of amides is 2. The number of halogens is 3. The van der Waals surface area contributed by atoms with Gasteiger partial charge in [-0.1, -0.05) is 19.9 Å². The number of fused-ring (bicyclic) bond motifs is 2. The highest BCUT2D eigenvalue weighted by Crippen LogP contribution is 2.36. The number of alkyl halides is 3. The number of rotatable bonds is 7. The van der Waals surface area contributed by atoms with Gasteiger partial charge in [0.2, 0.25) is 0 Å². The molecule has 12 heteroatoms. The van der Waals surface area contributed by atoms with Gasteiger partial charge in [-0.2, -0.15) is 13.2 Å². The van der Waals surface area contributed by atoms with Crippen molar-refractivity contribution in [3.63, 3.8) is 0 Å². The van der Waals surface area contributed by atoms with E-state index >= 15 is 0 Å². The van der Waals surface area contributed by atoms with Crippen molar-refractivity contribution in [2.75, 3.05) is 44.6 Å². The van der Waals surface area contributed by atoms with Gasteiger partial charge >= 0.3 is 12.2 Å². The summed E-state index contributed by atoms with van der Waals surface area (Å²) in [6, 6.07) is 9.17. The highest BCUT2D eigenvalue weighted by atomic mass is 19.4. The zero-order valence-electron chi connectivity index (χ0n) is 24.8. The molecule has 44 heavy (non-hydrogen) atoms. The van der Waals surface area contributed by atoms with Gasteiger partial charge in [0.1, 0.15) is 17.1 Å². The average molecular weight is 608 g/mol. The quantitative estimate of drug-likeness (QED) is 0.251. The molecule has 1 aromatic carbocycles. The van der Waals surface area contributed by atoms with E-state index in [1.807, 2.05) is 24.0 Å². The van der Waals surface area contributed by atoms with Crippen molar-refractivity contribution in [3.05, 3.63) is 77.4 Å². The Balaban J connectivity index is 1.17. The average Bonchev–Trinajstić information content (AvgIpc) is 3.51. The van der Waals surface area contributed by atoms with Gasteiger partial charge in [0.05, 0.1) is 22.8 Å². The summed E-state index contributed by atoms with van der Waals surface area (Å²) in [5, 5.41) is 3.55. The number of carbonyl (C=O) groups is 1. The fraction of sp³-hybridized carbons (Fsp3) is 0.406. The minimum Gasteiger partial charge on any atom is -0.455 e. The SMILES string of the molecule is CCC1CN(C(=O)Nc2ccc(CN3CCN(CC)CC3)c(C(F)(F)F)c2)Cc2cc(Oc3ccnc4[nH]ccc34)cnc21. The molecule has 2 N–H and O–H groups in total. The number of nitrogens with zero attached hydrogens (tertiary/aromatic N) is 5. The number of ether oxygens (including phenoxy) is 1. The molecule has 2 amide bonds. The van der Waals surface area contributed by atoms with Crippen LogP contribution in [0.15, 0.2) is 55.0 Å². The van der Waals surface area contributed by atoms with Crippen molar-refractivity contribution in [1.29, 1.82) is 0 Å². The lowest BCUT2D eigenvalue weighted by Gasteiger charge is -2.34. The minimum absolute atomic E-state index is 0.0165. The lowest BCUT2D eigenvalue weighted by atomic mass is 9.92. The number of H-pyrrole nitrogens is 1. The van der Waals surface area contributed by atoms with E-state index in [0.29, 0.717) is 23.7 Å². The molecule has 9 nitrogen and oxygen atoms in total. The number of piperazine rings is 1. The van der Waals surface area contributed by atoms with E-state index in [-0.39, 0.29) is 30.3 Å². The Kier molecular flexibility index (Phi) is 8.46.